The molecule has 3 fully saturated rings. The maximum absolute atomic E-state index is 16.6. The van der Waals surface area contributed by atoms with Crippen molar-refractivity contribution < 1.29 is 71.1 Å². The maximum Gasteiger partial charge on any atom is 0.408 e. The van der Waals surface area contributed by atoms with Crippen molar-refractivity contribution in [3.63, 3.8) is 0 Å². The standard InChI is InChI=1S/C50H71NO15S3Si/c1-13-70(14-2,15-3)66-35-26-36-49(28-60-36,64-30(5)52)41-43(63-44(56)34-20-17-23-68-34)50(58)27-33(61-38(54)25-31(32-19-16-22-59-32)51-45(57)65-46(6,7)8)29(4)39(47(50,9)10)40(42(55)48(35,41)11)62-37(53)21-18-24-69-67-12/h16-17,19-20,22-23,31,33,35-36,40-41,43,58H,13-15,18,21,24-28H2,1-12H3,(H,51,57)/t31-,33+,35+,36-,40-,41+,43+,48-,49+,50-/m1/s1. The van der Waals surface area contributed by atoms with Gasteiger partial charge in [0.05, 0.1) is 36.7 Å². The monoisotopic (exact) mass is 1050 g/mol. The third-order valence-corrected chi connectivity index (χ3v) is 22.5. The summed E-state index contributed by atoms with van der Waals surface area (Å²) in [5.41, 5.74) is -7.68. The van der Waals surface area contributed by atoms with Gasteiger partial charge in [0.15, 0.2) is 25.8 Å². The Kier molecular flexibility index (Phi) is 17.3. The molecule has 2 bridgehead atoms. The van der Waals surface area contributed by atoms with Crippen LogP contribution in [0.3, 0.4) is 0 Å². The van der Waals surface area contributed by atoms with Gasteiger partial charge in [0.2, 0.25) is 0 Å². The van der Waals surface area contributed by atoms with Crippen molar-refractivity contribution in [2.24, 2.45) is 16.7 Å². The Labute approximate surface area is 424 Å². The van der Waals surface area contributed by atoms with Crippen molar-refractivity contribution in [3.8, 4) is 0 Å². The number of carbonyl (C=O) groups excluding carboxylic acids is 6. The zero-order valence-corrected chi connectivity index (χ0v) is 45.9. The molecular weight excluding hydrogens is 979 g/mol. The quantitative estimate of drug-likeness (QED) is 0.0335. The summed E-state index contributed by atoms with van der Waals surface area (Å²) in [5, 5.41) is 18.6. The van der Waals surface area contributed by atoms with Gasteiger partial charge in [-0.3, -0.25) is 19.2 Å². The zero-order valence-electron chi connectivity index (χ0n) is 42.5. The second-order valence-corrected chi connectivity index (χ2v) is 28.9. The second kappa shape index (κ2) is 21.8. The molecule has 16 nitrogen and oxygen atoms in total. The van der Waals surface area contributed by atoms with E-state index in [0.29, 0.717) is 35.9 Å². The summed E-state index contributed by atoms with van der Waals surface area (Å²) < 4.78 is 50.7. The number of hydrogen-bond acceptors (Lipinski definition) is 18. The summed E-state index contributed by atoms with van der Waals surface area (Å²) >= 11 is 1.12. The van der Waals surface area contributed by atoms with Crippen LogP contribution in [0.1, 0.15) is 130 Å². The molecule has 0 aromatic carbocycles. The van der Waals surface area contributed by atoms with Crippen LogP contribution < -0.4 is 5.32 Å². The predicted octanol–water partition coefficient (Wildman–Crippen LogP) is 9.32. The van der Waals surface area contributed by atoms with Crippen LogP contribution in [0.5, 0.6) is 0 Å². The number of rotatable bonds is 19. The summed E-state index contributed by atoms with van der Waals surface area (Å²) in [4.78, 5) is 86.6. The van der Waals surface area contributed by atoms with E-state index in [4.69, 9.17) is 37.3 Å². The molecule has 0 spiro atoms. The molecule has 1 aliphatic heterocycles. The lowest BCUT2D eigenvalue weighted by molar-refractivity contribution is -0.344. The van der Waals surface area contributed by atoms with Gasteiger partial charge >= 0.3 is 30.0 Å². The number of hydrogen-bond donors (Lipinski definition) is 2. The van der Waals surface area contributed by atoms with Crippen LogP contribution >= 0.6 is 32.9 Å². The fraction of sp³-hybridized carbons (Fsp3) is 0.680. The highest BCUT2D eigenvalue weighted by Crippen LogP contribution is 2.65. The summed E-state index contributed by atoms with van der Waals surface area (Å²) in [6, 6.07) is 7.52. The number of carbonyl (C=O) groups is 6. The Morgan fingerprint density at radius 3 is 2.27 bits per heavy atom. The number of aliphatic hydroxyl groups is 1. The van der Waals surface area contributed by atoms with Crippen molar-refractivity contribution >= 4 is 77.0 Å². The van der Waals surface area contributed by atoms with E-state index in [1.54, 1.807) is 99.7 Å². The average Bonchev–Trinajstić information content (AvgIpc) is 4.03. The number of alkyl carbamates (subject to hydrolysis) is 1. The predicted molar refractivity (Wildman–Crippen MR) is 268 cm³/mol. The molecule has 10 atom stereocenters. The van der Waals surface area contributed by atoms with Gasteiger partial charge in [-0.05, 0) is 100 Å². The fourth-order valence-corrected chi connectivity index (χ4v) is 16.0. The van der Waals surface area contributed by atoms with E-state index in [1.165, 1.54) is 13.2 Å². The Morgan fingerprint density at radius 1 is 1.01 bits per heavy atom. The van der Waals surface area contributed by atoms with Crippen molar-refractivity contribution in [3.05, 3.63) is 57.7 Å². The molecule has 20 heteroatoms. The van der Waals surface area contributed by atoms with Crippen LogP contribution in [-0.2, 0) is 52.0 Å². The normalized spacial score (nSPS) is 29.8. The Morgan fingerprint density at radius 2 is 1.71 bits per heavy atom. The van der Waals surface area contributed by atoms with Gasteiger partial charge < -0.3 is 47.7 Å². The number of furan rings is 1. The molecule has 6 rings (SSSR count). The van der Waals surface area contributed by atoms with Gasteiger partial charge in [-0.25, -0.2) is 9.59 Å². The van der Waals surface area contributed by atoms with Crippen LogP contribution in [-0.4, -0.2) is 115 Å². The average molecular weight is 1050 g/mol. The van der Waals surface area contributed by atoms with Crippen LogP contribution in [0, 0.1) is 16.7 Å². The van der Waals surface area contributed by atoms with Crippen molar-refractivity contribution in [2.75, 3.05) is 18.6 Å². The van der Waals surface area contributed by atoms with Crippen LogP contribution in [0.4, 0.5) is 4.79 Å². The molecule has 3 aliphatic carbocycles. The molecule has 2 N–H and O–H groups in total. The van der Waals surface area contributed by atoms with Gasteiger partial charge in [0, 0.05) is 37.4 Å². The Balaban J connectivity index is 1.59. The van der Waals surface area contributed by atoms with E-state index in [9.17, 15) is 29.1 Å². The van der Waals surface area contributed by atoms with Crippen LogP contribution in [0.25, 0.3) is 0 Å². The largest absolute Gasteiger partial charge is 0.467 e. The lowest BCUT2D eigenvalue weighted by Gasteiger charge is -2.68. The van der Waals surface area contributed by atoms with Gasteiger partial charge in [-0.2, -0.15) is 0 Å². The first-order valence-electron chi connectivity index (χ1n) is 24.2. The van der Waals surface area contributed by atoms with Crippen molar-refractivity contribution in [2.45, 2.75) is 180 Å². The molecule has 1 amide bonds. The van der Waals surface area contributed by atoms with E-state index >= 15 is 4.79 Å². The number of fused-ring (bicyclic) bond motifs is 5. The van der Waals surface area contributed by atoms with E-state index in [2.05, 4.69) is 26.1 Å². The summed E-state index contributed by atoms with van der Waals surface area (Å²) in [6.07, 6.45) is -4.32. The first kappa shape index (κ1) is 55.6. The van der Waals surface area contributed by atoms with Gasteiger partial charge in [0.25, 0.3) is 0 Å². The molecule has 2 aromatic rings. The van der Waals surface area contributed by atoms with E-state index < -0.39 is 127 Å². The van der Waals surface area contributed by atoms with Crippen LogP contribution in [0.15, 0.2) is 51.5 Å². The second-order valence-electron chi connectivity index (χ2n) is 20.6. The van der Waals surface area contributed by atoms with Crippen LogP contribution in [0.2, 0.25) is 18.1 Å². The van der Waals surface area contributed by atoms with E-state index in [1.807, 2.05) is 6.26 Å². The highest BCUT2D eigenvalue weighted by atomic mass is 33.1. The highest BCUT2D eigenvalue weighted by molar-refractivity contribution is 8.76. The smallest absolute Gasteiger partial charge is 0.408 e. The van der Waals surface area contributed by atoms with E-state index in [-0.39, 0.29) is 35.7 Å². The molecule has 388 valence electrons. The minimum atomic E-state index is -2.63. The van der Waals surface area contributed by atoms with Gasteiger partial charge in [0.1, 0.15) is 46.2 Å². The minimum absolute atomic E-state index is 0.0302. The summed E-state index contributed by atoms with van der Waals surface area (Å²) in [7, 11) is 0.515. The minimum Gasteiger partial charge on any atom is -0.467 e. The first-order chi connectivity index (χ1) is 32.9. The lowest BCUT2D eigenvalue weighted by atomic mass is 9.44. The molecule has 2 saturated carbocycles. The number of ketones is 1. The Hall–Kier alpha value is -3.66. The van der Waals surface area contributed by atoms with Gasteiger partial charge in [-0.15, -0.1) is 11.3 Å². The lowest BCUT2D eigenvalue weighted by Crippen LogP contribution is -2.82. The number of thiophene rings is 1. The fourth-order valence-electron chi connectivity index (χ4n) is 11.2. The molecule has 70 heavy (non-hydrogen) atoms. The first-order valence-corrected chi connectivity index (χ1v) is 30.3. The number of nitrogens with one attached hydrogen (secondary N) is 1. The number of esters is 4. The molecule has 0 unspecified atom stereocenters. The number of Topliss-reactive ketones (excluding diaryl/α,β-unsaturated/α-hetero) is 1. The summed E-state index contributed by atoms with van der Waals surface area (Å²) in [5.74, 6) is -4.11. The highest BCUT2D eigenvalue weighted by Gasteiger charge is 2.79. The molecule has 1 saturated heterocycles. The molecule has 4 aliphatic rings. The Bertz CT molecular complexity index is 2250. The number of amides is 1. The molecule has 3 heterocycles. The molecule has 0 radical (unpaired) electrons. The zero-order chi connectivity index (χ0) is 51.6. The topological polar surface area (TPSA) is 212 Å². The maximum atomic E-state index is 16.6. The van der Waals surface area contributed by atoms with Crippen molar-refractivity contribution in [1.82, 2.24) is 5.32 Å². The van der Waals surface area contributed by atoms with Gasteiger partial charge in [-0.1, -0.05) is 62.3 Å². The third-order valence-electron chi connectivity index (χ3n) is 15.1. The van der Waals surface area contributed by atoms with E-state index in [0.717, 1.165) is 11.3 Å². The molecule has 2 aromatic heterocycles. The van der Waals surface area contributed by atoms with Crippen molar-refractivity contribution in [1.29, 1.82) is 0 Å². The number of ether oxygens (including phenoxy) is 6. The molecular formula is C50H71NO15S3Si. The third kappa shape index (κ3) is 10.8. The SMILES string of the molecule is CC[Si](CC)(CC)O[C@H]1C[C@H]2OC[C@@]2(OC(C)=O)[C@H]2[C@H](OC(=O)c3cccs3)[C@]3(O)C[C@H](OC(=O)C[C@@H](NC(=O)OC(C)(C)C)c4ccco4)C(C)=C([C@@H](OC(=O)CCCSSC)C(=O)[C@]12C)C3(C)C. The summed E-state index contributed by atoms with van der Waals surface area (Å²) in [6.45, 7) is 19.1.